The quantitative estimate of drug-likeness (QED) is 0.518. The van der Waals surface area contributed by atoms with E-state index in [0.717, 1.165) is 12.1 Å². The number of benzene rings is 1. The Morgan fingerprint density at radius 1 is 1.29 bits per heavy atom. The molecule has 0 fully saturated rings. The molecule has 1 N–H and O–H groups in total. The molecule has 0 aliphatic rings. The highest BCUT2D eigenvalue weighted by Gasteiger charge is 2.54. The molecule has 92 valence electrons. The SMILES string of the molecule is [N-]=[N+]=NC[C@](O)(c1ccc(Br)cc1)C(F)(F)F. The van der Waals surface area contributed by atoms with Crippen molar-refractivity contribution < 1.29 is 18.3 Å². The van der Waals surface area contributed by atoms with Gasteiger partial charge in [-0.15, -0.1) is 0 Å². The average molecular weight is 310 g/mol. The third-order valence-corrected chi connectivity index (χ3v) is 2.68. The summed E-state index contributed by atoms with van der Waals surface area (Å²) in [4.78, 5) is 2.23. The van der Waals surface area contributed by atoms with Crippen LogP contribution in [0.5, 0.6) is 0 Å². The molecular weight excluding hydrogens is 303 g/mol. The summed E-state index contributed by atoms with van der Waals surface area (Å²) >= 11 is 3.07. The first kappa shape index (κ1) is 13.8. The predicted molar refractivity (Wildman–Crippen MR) is 58.1 cm³/mol. The van der Waals surface area contributed by atoms with E-state index < -0.39 is 18.3 Å². The lowest BCUT2D eigenvalue weighted by Crippen LogP contribution is -2.44. The Bertz CT molecular complexity index is 442. The van der Waals surface area contributed by atoms with Gasteiger partial charge in [0.2, 0.25) is 0 Å². The maximum Gasteiger partial charge on any atom is 0.421 e. The molecule has 0 heterocycles. The lowest BCUT2D eigenvalue weighted by molar-refractivity contribution is -0.262. The molecule has 0 bridgehead atoms. The first-order valence-electron chi connectivity index (χ1n) is 4.37. The molecule has 0 unspecified atom stereocenters. The van der Waals surface area contributed by atoms with Crippen LogP contribution in [0.15, 0.2) is 33.9 Å². The van der Waals surface area contributed by atoms with Crippen molar-refractivity contribution in [3.63, 3.8) is 0 Å². The zero-order chi connectivity index (χ0) is 13.1. The number of aliphatic hydroxyl groups is 1. The van der Waals surface area contributed by atoms with Crippen LogP contribution in [-0.2, 0) is 5.60 Å². The van der Waals surface area contributed by atoms with Crippen molar-refractivity contribution in [1.29, 1.82) is 0 Å². The monoisotopic (exact) mass is 309 g/mol. The van der Waals surface area contributed by atoms with Gasteiger partial charge in [0.15, 0.2) is 5.60 Å². The topological polar surface area (TPSA) is 69.0 Å². The molecule has 1 aromatic carbocycles. The first-order valence-corrected chi connectivity index (χ1v) is 5.16. The Morgan fingerprint density at radius 3 is 2.24 bits per heavy atom. The normalized spacial score (nSPS) is 14.9. The van der Waals surface area contributed by atoms with Crippen molar-refractivity contribution in [1.82, 2.24) is 0 Å². The van der Waals surface area contributed by atoms with Gasteiger partial charge in [0.25, 0.3) is 0 Å². The van der Waals surface area contributed by atoms with E-state index in [1.54, 1.807) is 0 Å². The molecule has 0 spiro atoms. The summed E-state index contributed by atoms with van der Waals surface area (Å²) < 4.78 is 38.9. The van der Waals surface area contributed by atoms with Crippen molar-refractivity contribution in [3.05, 3.63) is 44.7 Å². The second-order valence-electron chi connectivity index (χ2n) is 3.25. The first-order chi connectivity index (χ1) is 7.81. The highest BCUT2D eigenvalue weighted by Crippen LogP contribution is 2.39. The van der Waals surface area contributed by atoms with E-state index in [9.17, 15) is 18.3 Å². The fourth-order valence-electron chi connectivity index (χ4n) is 1.20. The van der Waals surface area contributed by atoms with Crippen LogP contribution < -0.4 is 0 Å². The molecule has 0 saturated heterocycles. The summed E-state index contributed by atoms with van der Waals surface area (Å²) in [7, 11) is 0. The third kappa shape index (κ3) is 2.91. The number of hydrogen-bond acceptors (Lipinski definition) is 2. The molecule has 8 heteroatoms. The lowest BCUT2D eigenvalue weighted by Gasteiger charge is -2.29. The molecule has 0 saturated carbocycles. The maximum atomic E-state index is 12.8. The second kappa shape index (κ2) is 4.95. The molecule has 1 atom stereocenters. The van der Waals surface area contributed by atoms with Gasteiger partial charge in [0, 0.05) is 9.38 Å². The van der Waals surface area contributed by atoms with E-state index in [2.05, 4.69) is 26.0 Å². The van der Waals surface area contributed by atoms with E-state index in [-0.39, 0.29) is 5.56 Å². The van der Waals surface area contributed by atoms with Gasteiger partial charge in [-0.25, -0.2) is 0 Å². The number of hydrogen-bond donors (Lipinski definition) is 1. The van der Waals surface area contributed by atoms with Gasteiger partial charge in [0.05, 0.1) is 6.54 Å². The van der Waals surface area contributed by atoms with Gasteiger partial charge >= 0.3 is 6.18 Å². The van der Waals surface area contributed by atoms with Gasteiger partial charge < -0.3 is 5.11 Å². The van der Waals surface area contributed by atoms with Crippen molar-refractivity contribution in [2.75, 3.05) is 6.54 Å². The Balaban J connectivity index is 3.23. The lowest BCUT2D eigenvalue weighted by atomic mass is 9.93. The van der Waals surface area contributed by atoms with Crippen LogP contribution in [0.4, 0.5) is 13.2 Å². The molecule has 1 rings (SSSR count). The Hall–Kier alpha value is -1.24. The summed E-state index contributed by atoms with van der Waals surface area (Å²) in [5.74, 6) is 0. The van der Waals surface area contributed by atoms with Crippen molar-refractivity contribution in [3.8, 4) is 0 Å². The minimum Gasteiger partial charge on any atom is -0.376 e. The van der Waals surface area contributed by atoms with E-state index in [1.807, 2.05) is 0 Å². The van der Waals surface area contributed by atoms with E-state index in [4.69, 9.17) is 5.53 Å². The fourth-order valence-corrected chi connectivity index (χ4v) is 1.47. The van der Waals surface area contributed by atoms with Gasteiger partial charge in [-0.2, -0.15) is 13.2 Å². The number of nitrogens with zero attached hydrogens (tertiary/aromatic N) is 3. The molecule has 0 aliphatic carbocycles. The zero-order valence-corrected chi connectivity index (χ0v) is 9.90. The highest BCUT2D eigenvalue weighted by atomic mass is 79.9. The van der Waals surface area contributed by atoms with Gasteiger partial charge in [0.1, 0.15) is 0 Å². The van der Waals surface area contributed by atoms with Gasteiger partial charge in [-0.3, -0.25) is 0 Å². The summed E-state index contributed by atoms with van der Waals surface area (Å²) in [6.45, 7) is -1.10. The van der Waals surface area contributed by atoms with E-state index >= 15 is 0 Å². The summed E-state index contributed by atoms with van der Waals surface area (Å²) in [5, 5.41) is 12.4. The molecule has 4 nitrogen and oxygen atoms in total. The molecule has 17 heavy (non-hydrogen) atoms. The minimum absolute atomic E-state index is 0.374. The summed E-state index contributed by atoms with van der Waals surface area (Å²) in [5.41, 5.74) is 4.52. The van der Waals surface area contributed by atoms with Crippen molar-refractivity contribution >= 4 is 15.9 Å². The smallest absolute Gasteiger partial charge is 0.376 e. The van der Waals surface area contributed by atoms with Gasteiger partial charge in [-0.1, -0.05) is 33.2 Å². The fraction of sp³-hybridized carbons (Fsp3) is 0.333. The Morgan fingerprint density at radius 2 is 1.82 bits per heavy atom. The number of azide groups is 1. The third-order valence-electron chi connectivity index (χ3n) is 2.15. The van der Waals surface area contributed by atoms with Crippen LogP contribution in [-0.4, -0.2) is 17.8 Å². The number of alkyl halides is 3. The summed E-state index contributed by atoms with van der Waals surface area (Å²) in [6, 6.07) is 4.96. The van der Waals surface area contributed by atoms with Crippen LogP contribution in [0, 0.1) is 0 Å². The molecule has 0 amide bonds. The standard InChI is InChI=1S/C9H7BrF3N3O/c10-7-3-1-6(2-4-7)8(17,5-15-16-14)9(11,12)13/h1-4,17H,5H2/t8-/m0/s1. The Kier molecular flexibility index (Phi) is 4.03. The van der Waals surface area contributed by atoms with Crippen LogP contribution in [0.25, 0.3) is 10.4 Å². The molecule has 0 radical (unpaired) electrons. The van der Waals surface area contributed by atoms with E-state index in [1.165, 1.54) is 12.1 Å². The Labute approximate surface area is 103 Å². The van der Waals surface area contributed by atoms with Crippen LogP contribution in [0.3, 0.4) is 0 Å². The van der Waals surface area contributed by atoms with Gasteiger partial charge in [-0.05, 0) is 23.2 Å². The van der Waals surface area contributed by atoms with E-state index in [0.29, 0.717) is 4.47 Å². The van der Waals surface area contributed by atoms with Crippen molar-refractivity contribution in [2.24, 2.45) is 5.11 Å². The maximum absolute atomic E-state index is 12.8. The largest absolute Gasteiger partial charge is 0.421 e. The van der Waals surface area contributed by atoms with Crippen LogP contribution in [0.1, 0.15) is 5.56 Å². The van der Waals surface area contributed by atoms with Crippen molar-refractivity contribution in [2.45, 2.75) is 11.8 Å². The molecule has 0 aliphatic heterocycles. The van der Waals surface area contributed by atoms with Crippen LogP contribution >= 0.6 is 15.9 Å². The average Bonchev–Trinajstić information content (AvgIpc) is 2.25. The molecule has 0 aromatic heterocycles. The van der Waals surface area contributed by atoms with Crippen LogP contribution in [0.2, 0.25) is 0 Å². The predicted octanol–water partition coefficient (Wildman–Crippen LogP) is 3.51. The minimum atomic E-state index is -4.92. The molecular formula is C9H7BrF3N3O. The molecule has 1 aromatic rings. The zero-order valence-electron chi connectivity index (χ0n) is 8.32. The second-order valence-corrected chi connectivity index (χ2v) is 4.17. The number of rotatable bonds is 3. The number of halogens is 4. The highest BCUT2D eigenvalue weighted by molar-refractivity contribution is 9.10. The summed E-state index contributed by atoms with van der Waals surface area (Å²) in [6.07, 6.45) is -4.92.